The molecule has 2 rings (SSSR count). The van der Waals surface area contributed by atoms with Gasteiger partial charge < -0.3 is 5.73 Å². The van der Waals surface area contributed by atoms with Gasteiger partial charge in [0.25, 0.3) is 0 Å². The van der Waals surface area contributed by atoms with Crippen LogP contribution in [0.3, 0.4) is 0 Å². The fourth-order valence-electron chi connectivity index (χ4n) is 1.66. The number of aromatic amines is 1. The predicted molar refractivity (Wildman–Crippen MR) is 45.4 cm³/mol. The highest BCUT2D eigenvalue weighted by molar-refractivity contribution is 5.19. The molecular weight excluding hydrogens is 152 g/mol. The molecule has 4 nitrogen and oxygen atoms in total. The molecule has 0 saturated heterocycles. The van der Waals surface area contributed by atoms with Gasteiger partial charge in [-0.05, 0) is 18.3 Å². The van der Waals surface area contributed by atoms with Crippen molar-refractivity contribution in [3.63, 3.8) is 0 Å². The summed E-state index contributed by atoms with van der Waals surface area (Å²) in [4.78, 5) is 0. The summed E-state index contributed by atoms with van der Waals surface area (Å²) in [7, 11) is 0. The third kappa shape index (κ3) is 0.948. The van der Waals surface area contributed by atoms with E-state index in [4.69, 9.17) is 5.73 Å². The topological polar surface area (TPSA) is 67.6 Å². The second-order valence-corrected chi connectivity index (χ2v) is 4.12. The van der Waals surface area contributed by atoms with E-state index in [1.807, 2.05) is 0 Å². The maximum absolute atomic E-state index is 6.05. The van der Waals surface area contributed by atoms with E-state index >= 15 is 0 Å². The summed E-state index contributed by atoms with van der Waals surface area (Å²) in [5.41, 5.74) is 8.20. The fourth-order valence-corrected chi connectivity index (χ4v) is 1.66. The first kappa shape index (κ1) is 7.73. The maximum Gasteiger partial charge on any atom is 0.103 e. The summed E-state index contributed by atoms with van der Waals surface area (Å²) in [6, 6.07) is 0.0278. The third-order valence-electron chi connectivity index (χ3n) is 2.79. The SMILES string of the molecule is CC1(C)CCc2n[nH]nc2C1N. The normalized spacial score (nSPS) is 26.8. The van der Waals surface area contributed by atoms with Gasteiger partial charge in [0.2, 0.25) is 0 Å². The van der Waals surface area contributed by atoms with Gasteiger partial charge in [-0.25, -0.2) is 0 Å². The molecule has 0 fully saturated rings. The molecule has 0 aliphatic heterocycles. The van der Waals surface area contributed by atoms with Crippen molar-refractivity contribution in [3.8, 4) is 0 Å². The van der Waals surface area contributed by atoms with E-state index in [9.17, 15) is 0 Å². The average molecular weight is 166 g/mol. The Morgan fingerprint density at radius 2 is 2.25 bits per heavy atom. The Balaban J connectivity index is 2.42. The van der Waals surface area contributed by atoms with Crippen LogP contribution in [-0.2, 0) is 6.42 Å². The van der Waals surface area contributed by atoms with Crippen molar-refractivity contribution in [1.82, 2.24) is 15.4 Å². The first-order valence-electron chi connectivity index (χ1n) is 4.26. The Labute approximate surface area is 71.5 Å². The van der Waals surface area contributed by atoms with E-state index in [0.717, 1.165) is 24.2 Å². The zero-order chi connectivity index (χ0) is 8.77. The van der Waals surface area contributed by atoms with Crippen LogP contribution in [0.2, 0.25) is 0 Å². The van der Waals surface area contributed by atoms with Crippen LogP contribution in [0.5, 0.6) is 0 Å². The number of fused-ring (bicyclic) bond motifs is 1. The lowest BCUT2D eigenvalue weighted by molar-refractivity contribution is 0.244. The number of nitrogens with zero attached hydrogens (tertiary/aromatic N) is 2. The lowest BCUT2D eigenvalue weighted by Gasteiger charge is -2.34. The summed E-state index contributed by atoms with van der Waals surface area (Å²) in [5.74, 6) is 0. The number of hydrogen-bond acceptors (Lipinski definition) is 3. The molecule has 0 amide bonds. The van der Waals surface area contributed by atoms with E-state index in [-0.39, 0.29) is 11.5 Å². The van der Waals surface area contributed by atoms with Gasteiger partial charge in [0.15, 0.2) is 0 Å². The molecule has 1 aliphatic rings. The molecule has 1 aromatic heterocycles. The quantitative estimate of drug-likeness (QED) is 0.598. The summed E-state index contributed by atoms with van der Waals surface area (Å²) >= 11 is 0. The van der Waals surface area contributed by atoms with Crippen molar-refractivity contribution in [3.05, 3.63) is 11.4 Å². The molecule has 1 heterocycles. The number of nitrogens with two attached hydrogens (primary N) is 1. The molecule has 4 heteroatoms. The average Bonchev–Trinajstić information content (AvgIpc) is 2.45. The third-order valence-corrected chi connectivity index (χ3v) is 2.79. The molecule has 1 atom stereocenters. The van der Waals surface area contributed by atoms with Gasteiger partial charge in [0.1, 0.15) is 5.69 Å². The molecular formula is C8H14N4. The van der Waals surface area contributed by atoms with Crippen LogP contribution >= 0.6 is 0 Å². The van der Waals surface area contributed by atoms with E-state index < -0.39 is 0 Å². The van der Waals surface area contributed by atoms with Gasteiger partial charge >= 0.3 is 0 Å². The zero-order valence-electron chi connectivity index (χ0n) is 7.46. The molecule has 1 unspecified atom stereocenters. The number of hydrogen-bond donors (Lipinski definition) is 2. The second kappa shape index (κ2) is 2.29. The Morgan fingerprint density at radius 1 is 1.50 bits per heavy atom. The largest absolute Gasteiger partial charge is 0.322 e. The van der Waals surface area contributed by atoms with Gasteiger partial charge in [-0.3, -0.25) is 0 Å². The van der Waals surface area contributed by atoms with Crippen LogP contribution in [0.15, 0.2) is 0 Å². The van der Waals surface area contributed by atoms with E-state index in [0.29, 0.717) is 0 Å². The number of nitrogens with one attached hydrogen (secondary N) is 1. The Bertz CT molecular complexity index is 289. The summed E-state index contributed by atoms with van der Waals surface area (Å²) in [6.45, 7) is 4.35. The van der Waals surface area contributed by atoms with Crippen LogP contribution < -0.4 is 5.73 Å². The lowest BCUT2D eigenvalue weighted by Crippen LogP contribution is -2.34. The number of aryl methyl sites for hydroxylation is 1. The Kier molecular flexibility index (Phi) is 1.48. The van der Waals surface area contributed by atoms with Crippen LogP contribution in [0, 0.1) is 5.41 Å². The fraction of sp³-hybridized carbons (Fsp3) is 0.750. The van der Waals surface area contributed by atoms with Gasteiger partial charge in [0, 0.05) is 0 Å². The van der Waals surface area contributed by atoms with Gasteiger partial charge in [-0.15, -0.1) is 0 Å². The predicted octanol–water partition coefficient (Wildman–Crippen LogP) is 0.777. The minimum absolute atomic E-state index is 0.0278. The molecule has 66 valence electrons. The van der Waals surface area contributed by atoms with Crippen LogP contribution in [0.1, 0.15) is 37.7 Å². The second-order valence-electron chi connectivity index (χ2n) is 4.12. The van der Waals surface area contributed by atoms with E-state index in [1.54, 1.807) is 0 Å². The van der Waals surface area contributed by atoms with Crippen molar-refractivity contribution < 1.29 is 0 Å². The molecule has 1 aliphatic carbocycles. The first-order chi connectivity index (χ1) is 5.61. The highest BCUT2D eigenvalue weighted by atomic mass is 15.3. The molecule has 1 aromatic rings. The number of rotatable bonds is 0. The van der Waals surface area contributed by atoms with Crippen molar-refractivity contribution >= 4 is 0 Å². The standard InChI is InChI=1S/C8H14N4/c1-8(2)4-3-5-6(7(8)9)11-12-10-5/h7H,3-4,9H2,1-2H3,(H,10,11,12). The summed E-state index contributed by atoms with van der Waals surface area (Å²) < 4.78 is 0. The van der Waals surface area contributed by atoms with Crippen molar-refractivity contribution in [2.75, 3.05) is 0 Å². The number of aromatic nitrogens is 3. The monoisotopic (exact) mass is 166 g/mol. The highest BCUT2D eigenvalue weighted by Gasteiger charge is 2.35. The smallest absolute Gasteiger partial charge is 0.103 e. The van der Waals surface area contributed by atoms with Gasteiger partial charge in [-0.2, -0.15) is 15.4 Å². The van der Waals surface area contributed by atoms with E-state index in [2.05, 4.69) is 29.3 Å². The van der Waals surface area contributed by atoms with Crippen molar-refractivity contribution in [2.24, 2.45) is 11.1 Å². The van der Waals surface area contributed by atoms with E-state index in [1.165, 1.54) is 0 Å². The highest BCUT2D eigenvalue weighted by Crippen LogP contribution is 2.39. The molecule has 0 radical (unpaired) electrons. The van der Waals surface area contributed by atoms with Crippen LogP contribution in [0.4, 0.5) is 0 Å². The van der Waals surface area contributed by atoms with Crippen LogP contribution in [0.25, 0.3) is 0 Å². The molecule has 12 heavy (non-hydrogen) atoms. The maximum atomic E-state index is 6.05. The van der Waals surface area contributed by atoms with Gasteiger partial charge in [0.05, 0.1) is 11.7 Å². The summed E-state index contributed by atoms with van der Waals surface area (Å²) in [5, 5.41) is 10.8. The molecule has 3 N–H and O–H groups in total. The lowest BCUT2D eigenvalue weighted by atomic mass is 9.74. The molecule has 0 aromatic carbocycles. The van der Waals surface area contributed by atoms with Crippen molar-refractivity contribution in [2.45, 2.75) is 32.7 Å². The van der Waals surface area contributed by atoms with Gasteiger partial charge in [-0.1, -0.05) is 13.8 Å². The summed E-state index contributed by atoms with van der Waals surface area (Å²) in [6.07, 6.45) is 2.08. The minimum atomic E-state index is 0.0278. The van der Waals surface area contributed by atoms with Crippen LogP contribution in [-0.4, -0.2) is 15.4 Å². The zero-order valence-corrected chi connectivity index (χ0v) is 7.46. The Hall–Kier alpha value is -0.900. The molecule has 0 bridgehead atoms. The Morgan fingerprint density at radius 3 is 3.00 bits per heavy atom. The van der Waals surface area contributed by atoms with Crippen molar-refractivity contribution in [1.29, 1.82) is 0 Å². The first-order valence-corrected chi connectivity index (χ1v) is 4.26. The number of H-pyrrole nitrogens is 1. The molecule has 0 spiro atoms. The minimum Gasteiger partial charge on any atom is -0.322 e. The molecule has 0 saturated carbocycles.